The molecule has 0 bridgehead atoms. The van der Waals surface area contributed by atoms with E-state index in [4.69, 9.17) is 9.26 Å². The Morgan fingerprint density at radius 1 is 1.24 bits per heavy atom. The lowest BCUT2D eigenvalue weighted by Crippen LogP contribution is -2.53. The number of hydrogen-bond donors (Lipinski definition) is 0. The number of carbonyl (C=O) groups excluding carboxylic acids is 1. The Kier molecular flexibility index (Phi) is 5.96. The van der Waals surface area contributed by atoms with E-state index in [1.54, 1.807) is 7.11 Å². The number of carbonyl (C=O) groups is 1. The average molecular weight is 399 g/mol. The van der Waals surface area contributed by atoms with Crippen LogP contribution in [-0.4, -0.2) is 59.1 Å². The second-order valence-electron chi connectivity index (χ2n) is 8.33. The van der Waals surface area contributed by atoms with E-state index >= 15 is 0 Å². The smallest absolute Gasteiger partial charge is 0.240 e. The highest BCUT2D eigenvalue weighted by atomic mass is 16.5. The van der Waals surface area contributed by atoms with Crippen molar-refractivity contribution >= 4 is 5.91 Å². The number of nitrogens with zero attached hydrogens (tertiary/aromatic N) is 4. The van der Waals surface area contributed by atoms with Gasteiger partial charge in [-0.1, -0.05) is 35.5 Å². The summed E-state index contributed by atoms with van der Waals surface area (Å²) in [5.41, 5.74) is 1.34. The summed E-state index contributed by atoms with van der Waals surface area (Å²) in [6, 6.07) is 10.3. The number of aromatic nitrogens is 2. The molecule has 156 valence electrons. The molecule has 0 radical (unpaired) electrons. The van der Waals surface area contributed by atoms with Gasteiger partial charge >= 0.3 is 0 Å². The number of piperidine rings is 2. The van der Waals surface area contributed by atoms with Crippen LogP contribution in [0.2, 0.25) is 0 Å². The van der Waals surface area contributed by atoms with E-state index in [1.807, 2.05) is 18.2 Å². The third-order valence-corrected chi connectivity index (χ3v) is 6.42. The largest absolute Gasteiger partial charge is 0.377 e. The van der Waals surface area contributed by atoms with Crippen molar-refractivity contribution in [2.45, 2.75) is 45.3 Å². The van der Waals surface area contributed by atoms with Gasteiger partial charge in [0.2, 0.25) is 11.8 Å². The first kappa shape index (κ1) is 20.0. The van der Waals surface area contributed by atoms with Crippen LogP contribution < -0.4 is 0 Å². The molecule has 2 aliphatic heterocycles. The molecule has 0 aliphatic carbocycles. The van der Waals surface area contributed by atoms with Gasteiger partial charge in [0.1, 0.15) is 6.61 Å². The van der Waals surface area contributed by atoms with Gasteiger partial charge in [-0.3, -0.25) is 9.69 Å². The van der Waals surface area contributed by atoms with E-state index in [0.29, 0.717) is 24.9 Å². The molecular weight excluding hydrogens is 368 g/mol. The van der Waals surface area contributed by atoms with Gasteiger partial charge in [-0.25, -0.2) is 0 Å². The van der Waals surface area contributed by atoms with E-state index in [2.05, 4.69) is 39.0 Å². The van der Waals surface area contributed by atoms with Gasteiger partial charge in [0.15, 0.2) is 5.82 Å². The van der Waals surface area contributed by atoms with Crippen LogP contribution in [0.25, 0.3) is 0 Å². The fourth-order valence-electron chi connectivity index (χ4n) is 4.78. The van der Waals surface area contributed by atoms with Crippen molar-refractivity contribution in [2.24, 2.45) is 5.41 Å². The summed E-state index contributed by atoms with van der Waals surface area (Å²) in [4.78, 5) is 21.8. The molecule has 1 atom stereocenters. The SMILES string of the molecule is CCN1CC2(CCN(Cc3nc(COC)no3)CC2)C[C@@H](c2ccccc2)C1=O. The van der Waals surface area contributed by atoms with Gasteiger partial charge in [0.25, 0.3) is 0 Å². The van der Waals surface area contributed by atoms with Crippen LogP contribution in [0.3, 0.4) is 0 Å². The van der Waals surface area contributed by atoms with Crippen molar-refractivity contribution in [2.75, 3.05) is 33.3 Å². The molecule has 1 aromatic heterocycles. The lowest BCUT2D eigenvalue weighted by Gasteiger charge is -2.49. The van der Waals surface area contributed by atoms with Crippen LogP contribution >= 0.6 is 0 Å². The first-order valence-electron chi connectivity index (χ1n) is 10.5. The molecule has 2 saturated heterocycles. The number of benzene rings is 1. The number of ether oxygens (including phenoxy) is 1. The fraction of sp³-hybridized carbons (Fsp3) is 0.591. The zero-order valence-corrected chi connectivity index (χ0v) is 17.3. The molecule has 29 heavy (non-hydrogen) atoms. The molecule has 0 unspecified atom stereocenters. The van der Waals surface area contributed by atoms with E-state index in [9.17, 15) is 4.79 Å². The molecule has 0 N–H and O–H groups in total. The minimum absolute atomic E-state index is 0.0241. The summed E-state index contributed by atoms with van der Waals surface area (Å²) in [6.07, 6.45) is 3.11. The number of amides is 1. The molecule has 1 amide bonds. The standard InChI is InChI=1S/C22H30N4O3/c1-3-26-16-22(13-18(21(26)27)17-7-5-4-6-8-17)9-11-25(12-10-22)14-20-23-19(15-28-2)24-29-20/h4-8,18H,3,9-16H2,1-2H3/t18-/m0/s1. The Hall–Kier alpha value is -2.25. The maximum Gasteiger partial charge on any atom is 0.240 e. The molecule has 2 fully saturated rings. The number of rotatable bonds is 6. The summed E-state index contributed by atoms with van der Waals surface area (Å²) in [6.45, 7) is 6.74. The Bertz CT molecular complexity index is 814. The van der Waals surface area contributed by atoms with E-state index in [1.165, 1.54) is 0 Å². The molecule has 3 heterocycles. The summed E-state index contributed by atoms with van der Waals surface area (Å²) >= 11 is 0. The molecule has 0 saturated carbocycles. The van der Waals surface area contributed by atoms with Crippen molar-refractivity contribution in [1.29, 1.82) is 0 Å². The summed E-state index contributed by atoms with van der Waals surface area (Å²) in [7, 11) is 1.62. The van der Waals surface area contributed by atoms with Gasteiger partial charge in [0, 0.05) is 20.2 Å². The predicted molar refractivity (Wildman–Crippen MR) is 108 cm³/mol. The monoisotopic (exact) mass is 398 g/mol. The number of methoxy groups -OCH3 is 1. The fourth-order valence-corrected chi connectivity index (χ4v) is 4.78. The minimum atomic E-state index is -0.0241. The molecular formula is C22H30N4O3. The van der Waals surface area contributed by atoms with Crippen molar-refractivity contribution in [3.8, 4) is 0 Å². The van der Waals surface area contributed by atoms with Gasteiger partial charge in [-0.05, 0) is 50.3 Å². The van der Waals surface area contributed by atoms with Crippen molar-refractivity contribution < 1.29 is 14.1 Å². The van der Waals surface area contributed by atoms with Crippen molar-refractivity contribution in [3.05, 3.63) is 47.6 Å². The van der Waals surface area contributed by atoms with Crippen molar-refractivity contribution in [3.63, 3.8) is 0 Å². The Morgan fingerprint density at radius 3 is 2.69 bits per heavy atom. The molecule has 2 aromatic rings. The Balaban J connectivity index is 1.42. The highest BCUT2D eigenvalue weighted by Crippen LogP contribution is 2.45. The van der Waals surface area contributed by atoms with E-state index in [-0.39, 0.29) is 17.2 Å². The second-order valence-corrected chi connectivity index (χ2v) is 8.33. The first-order chi connectivity index (χ1) is 14.1. The normalized spacial score (nSPS) is 22.3. The summed E-state index contributed by atoms with van der Waals surface area (Å²) in [5.74, 6) is 1.49. The zero-order chi connectivity index (χ0) is 20.3. The first-order valence-corrected chi connectivity index (χ1v) is 10.5. The lowest BCUT2D eigenvalue weighted by atomic mass is 9.67. The van der Waals surface area contributed by atoms with Crippen LogP contribution in [-0.2, 0) is 22.7 Å². The molecule has 4 rings (SSSR count). The molecule has 1 spiro atoms. The van der Waals surface area contributed by atoms with Gasteiger partial charge < -0.3 is 14.2 Å². The zero-order valence-electron chi connectivity index (χ0n) is 17.3. The summed E-state index contributed by atoms with van der Waals surface area (Å²) in [5, 5.41) is 3.95. The third kappa shape index (κ3) is 4.36. The number of likely N-dealkylation sites (N-methyl/N-ethyl adjacent to an activating group) is 1. The summed E-state index contributed by atoms with van der Waals surface area (Å²) < 4.78 is 10.4. The Morgan fingerprint density at radius 2 is 2.00 bits per heavy atom. The quantitative estimate of drug-likeness (QED) is 0.745. The second kappa shape index (κ2) is 8.63. The molecule has 7 nitrogen and oxygen atoms in total. The molecule has 1 aromatic carbocycles. The third-order valence-electron chi connectivity index (χ3n) is 6.42. The van der Waals surface area contributed by atoms with Crippen LogP contribution in [0.1, 0.15) is 49.4 Å². The van der Waals surface area contributed by atoms with Crippen LogP contribution in [0.4, 0.5) is 0 Å². The Labute approximate surface area is 172 Å². The van der Waals surface area contributed by atoms with Gasteiger partial charge in [0.05, 0.1) is 12.5 Å². The maximum absolute atomic E-state index is 13.0. The molecule has 2 aliphatic rings. The lowest BCUT2D eigenvalue weighted by molar-refractivity contribution is -0.141. The van der Waals surface area contributed by atoms with Gasteiger partial charge in [-0.2, -0.15) is 4.98 Å². The van der Waals surface area contributed by atoms with Crippen molar-refractivity contribution in [1.82, 2.24) is 19.9 Å². The molecule has 7 heteroatoms. The van der Waals surface area contributed by atoms with Crippen LogP contribution in [0, 0.1) is 5.41 Å². The number of hydrogen-bond acceptors (Lipinski definition) is 6. The van der Waals surface area contributed by atoms with E-state index < -0.39 is 0 Å². The van der Waals surface area contributed by atoms with E-state index in [0.717, 1.165) is 51.0 Å². The average Bonchev–Trinajstić information content (AvgIpc) is 3.19. The highest BCUT2D eigenvalue weighted by Gasteiger charge is 2.45. The number of likely N-dealkylation sites (tertiary alicyclic amines) is 2. The van der Waals surface area contributed by atoms with Gasteiger partial charge in [-0.15, -0.1) is 0 Å². The topological polar surface area (TPSA) is 71.7 Å². The van der Waals surface area contributed by atoms with Crippen LogP contribution in [0.15, 0.2) is 34.9 Å². The minimum Gasteiger partial charge on any atom is -0.377 e. The highest BCUT2D eigenvalue weighted by molar-refractivity contribution is 5.84. The maximum atomic E-state index is 13.0. The predicted octanol–water partition coefficient (Wildman–Crippen LogP) is 2.83. The van der Waals surface area contributed by atoms with Crippen LogP contribution in [0.5, 0.6) is 0 Å².